The predicted octanol–water partition coefficient (Wildman–Crippen LogP) is 5.68. The lowest BCUT2D eigenvalue weighted by atomic mass is 9.89. The van der Waals surface area contributed by atoms with Gasteiger partial charge in [0.25, 0.3) is 11.8 Å². The molecule has 1 aliphatic rings. The van der Waals surface area contributed by atoms with Crippen molar-refractivity contribution in [2.75, 3.05) is 11.4 Å². The van der Waals surface area contributed by atoms with E-state index in [-0.39, 0.29) is 35.4 Å². The second-order valence-corrected chi connectivity index (χ2v) is 9.34. The van der Waals surface area contributed by atoms with Gasteiger partial charge < -0.3 is 14.2 Å². The van der Waals surface area contributed by atoms with Crippen molar-refractivity contribution in [2.24, 2.45) is 0 Å². The fourth-order valence-corrected chi connectivity index (χ4v) is 4.92. The first-order chi connectivity index (χ1) is 17.8. The van der Waals surface area contributed by atoms with Crippen LogP contribution in [0.2, 0.25) is 5.02 Å². The van der Waals surface area contributed by atoms with Crippen molar-refractivity contribution in [1.82, 2.24) is 4.90 Å². The first-order valence-electron chi connectivity index (χ1n) is 11.6. The molecule has 1 aliphatic heterocycles. The van der Waals surface area contributed by atoms with Gasteiger partial charge in [0.2, 0.25) is 5.76 Å². The largest absolute Gasteiger partial charge is 0.450 e. The van der Waals surface area contributed by atoms with E-state index in [9.17, 15) is 18.8 Å². The fourth-order valence-electron chi connectivity index (χ4n) is 4.75. The number of anilines is 1. The van der Waals surface area contributed by atoms with Crippen LogP contribution in [-0.4, -0.2) is 23.3 Å². The summed E-state index contributed by atoms with van der Waals surface area (Å²) in [7, 11) is 0. The van der Waals surface area contributed by atoms with Crippen LogP contribution in [0.1, 0.15) is 28.6 Å². The summed E-state index contributed by atoms with van der Waals surface area (Å²) in [5, 5.41) is 0.481. The van der Waals surface area contributed by atoms with Crippen LogP contribution in [0.4, 0.5) is 10.1 Å². The maximum Gasteiger partial charge on any atom is 0.291 e. The van der Waals surface area contributed by atoms with Crippen LogP contribution in [0.15, 0.2) is 94.7 Å². The van der Waals surface area contributed by atoms with Gasteiger partial charge in [-0.25, -0.2) is 4.39 Å². The van der Waals surface area contributed by atoms with Crippen molar-refractivity contribution >= 4 is 40.1 Å². The van der Waals surface area contributed by atoms with Crippen LogP contribution in [0.3, 0.4) is 0 Å². The normalized spacial score (nSPS) is 16.6. The molecule has 2 amide bonds. The van der Waals surface area contributed by atoms with Crippen LogP contribution >= 0.6 is 11.6 Å². The third-order valence-electron chi connectivity index (χ3n) is 6.61. The maximum atomic E-state index is 14.4. The predicted molar refractivity (Wildman–Crippen MR) is 140 cm³/mol. The van der Waals surface area contributed by atoms with E-state index in [4.69, 9.17) is 16.0 Å². The molecule has 0 radical (unpaired) electrons. The molecule has 5 rings (SSSR count). The number of halogens is 2. The Hall–Kier alpha value is -4.23. The third-order valence-corrected chi connectivity index (χ3v) is 6.85. The minimum Gasteiger partial charge on any atom is -0.450 e. The molecule has 8 heteroatoms. The van der Waals surface area contributed by atoms with E-state index in [0.717, 1.165) is 0 Å². The molecular formula is C29H22ClFN2O4. The van der Waals surface area contributed by atoms with Crippen LogP contribution in [0.5, 0.6) is 0 Å². The van der Waals surface area contributed by atoms with Crippen molar-refractivity contribution in [3.05, 3.63) is 123 Å². The number of fused-ring (bicyclic) bond motifs is 2. The summed E-state index contributed by atoms with van der Waals surface area (Å²) in [6.45, 7) is 5.39. The molecular weight excluding hydrogens is 495 g/mol. The highest BCUT2D eigenvalue weighted by Crippen LogP contribution is 2.42. The van der Waals surface area contributed by atoms with Crippen LogP contribution < -0.4 is 10.3 Å². The molecule has 0 saturated carbocycles. The van der Waals surface area contributed by atoms with E-state index in [0.29, 0.717) is 16.3 Å². The topological polar surface area (TPSA) is 70.8 Å². The van der Waals surface area contributed by atoms with E-state index in [1.54, 1.807) is 36.4 Å². The molecule has 0 N–H and O–H groups in total. The monoisotopic (exact) mass is 516 g/mol. The van der Waals surface area contributed by atoms with Gasteiger partial charge in [-0.3, -0.25) is 14.4 Å². The molecule has 0 bridgehead atoms. The second-order valence-electron chi connectivity index (χ2n) is 8.91. The lowest BCUT2D eigenvalue weighted by Crippen LogP contribution is -2.55. The molecule has 1 unspecified atom stereocenters. The van der Waals surface area contributed by atoms with E-state index in [1.165, 1.54) is 53.1 Å². The van der Waals surface area contributed by atoms with Gasteiger partial charge in [-0.15, -0.1) is 6.58 Å². The van der Waals surface area contributed by atoms with Gasteiger partial charge in [-0.1, -0.05) is 48.0 Å². The van der Waals surface area contributed by atoms with Gasteiger partial charge in [0.15, 0.2) is 11.0 Å². The Kier molecular flexibility index (Phi) is 6.17. The Morgan fingerprint density at radius 3 is 2.49 bits per heavy atom. The molecule has 2 heterocycles. The smallest absolute Gasteiger partial charge is 0.291 e. The number of hydrogen-bond donors (Lipinski definition) is 0. The van der Waals surface area contributed by atoms with E-state index in [2.05, 4.69) is 6.58 Å². The summed E-state index contributed by atoms with van der Waals surface area (Å²) in [6.07, 6.45) is 1.57. The van der Waals surface area contributed by atoms with Crippen molar-refractivity contribution < 1.29 is 18.4 Å². The van der Waals surface area contributed by atoms with Crippen molar-refractivity contribution in [2.45, 2.75) is 19.0 Å². The highest BCUT2D eigenvalue weighted by molar-refractivity contribution is 6.31. The minimum atomic E-state index is -1.74. The summed E-state index contributed by atoms with van der Waals surface area (Å²) in [5.41, 5.74) is -0.982. The SMILES string of the molecule is C=CCN(C(=O)C1(C)c2c(oc3ccc(Cl)cc3c2=O)C(=O)N1Cc1ccc(F)cc1)c1ccccc1. The van der Waals surface area contributed by atoms with E-state index >= 15 is 0 Å². The van der Waals surface area contributed by atoms with Gasteiger partial charge in [-0.05, 0) is 55.0 Å². The number of amides is 2. The van der Waals surface area contributed by atoms with Gasteiger partial charge in [-0.2, -0.15) is 0 Å². The highest BCUT2D eigenvalue weighted by Gasteiger charge is 2.56. The number of nitrogens with zero attached hydrogens (tertiary/aromatic N) is 2. The van der Waals surface area contributed by atoms with Gasteiger partial charge in [0, 0.05) is 23.8 Å². The Labute approximate surface area is 217 Å². The lowest BCUT2D eigenvalue weighted by Gasteiger charge is -2.38. The molecule has 1 aromatic heterocycles. The summed E-state index contributed by atoms with van der Waals surface area (Å²) in [4.78, 5) is 44.8. The first kappa shape index (κ1) is 24.5. The molecule has 1 atom stereocenters. The minimum absolute atomic E-state index is 0.0567. The lowest BCUT2D eigenvalue weighted by molar-refractivity contribution is -0.128. The molecule has 6 nitrogen and oxygen atoms in total. The number of hydrogen-bond acceptors (Lipinski definition) is 4. The zero-order valence-electron chi connectivity index (χ0n) is 19.9. The molecule has 4 aromatic rings. The quantitative estimate of drug-likeness (QED) is 0.309. The maximum absolute atomic E-state index is 14.4. The zero-order valence-corrected chi connectivity index (χ0v) is 20.7. The van der Waals surface area contributed by atoms with Crippen LogP contribution in [0.25, 0.3) is 11.0 Å². The van der Waals surface area contributed by atoms with Crippen molar-refractivity contribution in [1.29, 1.82) is 0 Å². The standard InChI is InChI=1S/C29H22ClFN2O4/c1-3-15-32(21-7-5-4-6-8-21)28(36)29(2)24-25(34)22-16-19(30)11-14-23(22)37-26(24)27(35)33(29)17-18-9-12-20(31)13-10-18/h3-14,16H,1,15,17H2,2H3. The average Bonchev–Trinajstić information content (AvgIpc) is 3.11. The fraction of sp³-hybridized carbons (Fsp3) is 0.138. The third kappa shape index (κ3) is 4.01. The number of carbonyl (C=O) groups is 2. The van der Waals surface area contributed by atoms with Crippen LogP contribution in [0, 0.1) is 5.82 Å². The van der Waals surface area contributed by atoms with E-state index < -0.39 is 28.6 Å². The average molecular weight is 517 g/mol. The van der Waals surface area contributed by atoms with Gasteiger partial charge in [0.05, 0.1) is 10.9 Å². The number of rotatable bonds is 6. The first-order valence-corrected chi connectivity index (χ1v) is 11.9. The number of para-hydroxylation sites is 1. The molecule has 186 valence electrons. The Balaban J connectivity index is 1.75. The summed E-state index contributed by atoms with van der Waals surface area (Å²) in [5.74, 6) is -1.76. The summed E-state index contributed by atoms with van der Waals surface area (Å²) >= 11 is 6.15. The zero-order chi connectivity index (χ0) is 26.3. The molecule has 0 saturated heterocycles. The molecule has 0 spiro atoms. The van der Waals surface area contributed by atoms with Crippen LogP contribution in [-0.2, 0) is 16.9 Å². The summed E-state index contributed by atoms with van der Waals surface area (Å²) in [6, 6.07) is 19.0. The Morgan fingerprint density at radius 2 is 1.81 bits per heavy atom. The summed E-state index contributed by atoms with van der Waals surface area (Å²) < 4.78 is 19.5. The Bertz CT molecular complexity index is 1600. The van der Waals surface area contributed by atoms with Crippen molar-refractivity contribution in [3.8, 4) is 0 Å². The Morgan fingerprint density at radius 1 is 1.11 bits per heavy atom. The van der Waals surface area contributed by atoms with Gasteiger partial charge >= 0.3 is 0 Å². The molecule has 0 aliphatic carbocycles. The van der Waals surface area contributed by atoms with Crippen molar-refractivity contribution in [3.63, 3.8) is 0 Å². The molecule has 37 heavy (non-hydrogen) atoms. The number of benzene rings is 3. The second kappa shape index (κ2) is 9.33. The highest BCUT2D eigenvalue weighted by atomic mass is 35.5. The number of carbonyl (C=O) groups excluding carboxylic acids is 2. The molecule has 0 fully saturated rings. The molecule has 3 aromatic carbocycles. The van der Waals surface area contributed by atoms with Gasteiger partial charge in [0.1, 0.15) is 11.4 Å². The van der Waals surface area contributed by atoms with E-state index in [1.807, 2.05) is 6.07 Å².